The number of amides is 3. The van der Waals surface area contributed by atoms with Crippen LogP contribution in [-0.4, -0.2) is 53.4 Å². The van der Waals surface area contributed by atoms with Gasteiger partial charge in [0.2, 0.25) is 0 Å². The van der Waals surface area contributed by atoms with Crippen LogP contribution < -0.4 is 0 Å². The molecule has 7 heteroatoms. The van der Waals surface area contributed by atoms with Crippen molar-refractivity contribution in [3.63, 3.8) is 0 Å². The van der Waals surface area contributed by atoms with Crippen molar-refractivity contribution in [1.82, 2.24) is 9.80 Å². The Bertz CT molecular complexity index is 603. The highest BCUT2D eigenvalue weighted by Gasteiger charge is 2.41. The van der Waals surface area contributed by atoms with E-state index in [9.17, 15) is 14.4 Å². The van der Waals surface area contributed by atoms with Crippen molar-refractivity contribution in [3.8, 4) is 0 Å². The van der Waals surface area contributed by atoms with Crippen molar-refractivity contribution in [2.24, 2.45) is 0 Å². The first-order chi connectivity index (χ1) is 10.1. The van der Waals surface area contributed by atoms with Gasteiger partial charge in [0.05, 0.1) is 11.6 Å². The highest BCUT2D eigenvalue weighted by atomic mass is 79.9. The van der Waals surface area contributed by atoms with E-state index >= 15 is 0 Å². The van der Waals surface area contributed by atoms with Gasteiger partial charge in [-0.15, -0.1) is 0 Å². The molecule has 21 heavy (non-hydrogen) atoms. The van der Waals surface area contributed by atoms with Crippen LogP contribution in [0.25, 0.3) is 0 Å². The van der Waals surface area contributed by atoms with Gasteiger partial charge in [0.15, 0.2) is 6.61 Å². The number of imide groups is 1. The van der Waals surface area contributed by atoms with Crippen LogP contribution in [0.15, 0.2) is 28.7 Å². The lowest BCUT2D eigenvalue weighted by molar-refractivity contribution is -0.127. The number of carbonyl (C=O) groups excluding carboxylic acids is 3. The number of rotatable bonds is 2. The minimum atomic E-state index is -0.611. The van der Waals surface area contributed by atoms with E-state index in [-0.39, 0.29) is 24.5 Å². The van der Waals surface area contributed by atoms with Crippen LogP contribution in [-0.2, 0) is 9.53 Å². The number of cyclic esters (lactones) is 1. The van der Waals surface area contributed by atoms with Crippen molar-refractivity contribution >= 4 is 33.8 Å². The predicted octanol–water partition coefficient (Wildman–Crippen LogP) is 1.64. The van der Waals surface area contributed by atoms with Gasteiger partial charge in [-0.3, -0.25) is 9.59 Å². The molecule has 0 saturated carbocycles. The van der Waals surface area contributed by atoms with Crippen molar-refractivity contribution in [2.45, 2.75) is 12.5 Å². The van der Waals surface area contributed by atoms with Gasteiger partial charge in [-0.05, 0) is 34.5 Å². The number of hydrogen-bond acceptors (Lipinski definition) is 4. The fourth-order valence-electron chi connectivity index (χ4n) is 2.66. The molecule has 0 radical (unpaired) electrons. The lowest BCUT2D eigenvalue weighted by Crippen LogP contribution is -2.42. The summed E-state index contributed by atoms with van der Waals surface area (Å²) in [7, 11) is 0. The van der Waals surface area contributed by atoms with Gasteiger partial charge in [-0.2, -0.15) is 0 Å². The summed E-state index contributed by atoms with van der Waals surface area (Å²) in [5.41, 5.74) is 0.577. The van der Waals surface area contributed by atoms with Crippen molar-refractivity contribution in [2.75, 3.05) is 19.7 Å². The van der Waals surface area contributed by atoms with E-state index in [4.69, 9.17) is 4.74 Å². The molecule has 1 aromatic rings. The molecule has 2 saturated heterocycles. The molecule has 1 unspecified atom stereocenters. The van der Waals surface area contributed by atoms with Gasteiger partial charge in [-0.1, -0.05) is 12.1 Å². The predicted molar refractivity (Wildman–Crippen MR) is 76.6 cm³/mol. The average Bonchev–Trinajstić information content (AvgIpc) is 3.06. The highest BCUT2D eigenvalue weighted by molar-refractivity contribution is 9.10. The van der Waals surface area contributed by atoms with Crippen LogP contribution in [0.1, 0.15) is 16.8 Å². The fraction of sp³-hybridized carbons (Fsp3) is 0.357. The summed E-state index contributed by atoms with van der Waals surface area (Å²) in [5, 5.41) is 0. The zero-order valence-electron chi connectivity index (χ0n) is 11.1. The van der Waals surface area contributed by atoms with E-state index in [2.05, 4.69) is 15.9 Å². The standard InChI is InChI=1S/C14H13BrN2O4/c15-11-4-2-1-3-10(11)13(19)16-6-5-9(7-16)17-12(18)8-21-14(17)20/h1-4,9H,5-8H2. The summed E-state index contributed by atoms with van der Waals surface area (Å²) in [4.78, 5) is 38.4. The Labute approximate surface area is 129 Å². The molecule has 1 atom stereocenters. The summed E-state index contributed by atoms with van der Waals surface area (Å²) >= 11 is 3.36. The first-order valence-corrected chi connectivity index (χ1v) is 7.40. The van der Waals surface area contributed by atoms with Crippen molar-refractivity contribution in [3.05, 3.63) is 34.3 Å². The van der Waals surface area contributed by atoms with E-state index in [1.165, 1.54) is 0 Å². The quantitative estimate of drug-likeness (QED) is 0.811. The largest absolute Gasteiger partial charge is 0.439 e. The molecule has 0 spiro atoms. The third kappa shape index (κ3) is 2.53. The SMILES string of the molecule is O=C(c1ccccc1Br)N1CCC(N2C(=O)COC2=O)C1. The third-order valence-corrected chi connectivity index (χ3v) is 4.40. The number of halogens is 1. The van der Waals surface area contributed by atoms with Crippen molar-refractivity contribution in [1.29, 1.82) is 0 Å². The Morgan fingerprint density at radius 1 is 1.29 bits per heavy atom. The maximum absolute atomic E-state index is 12.5. The number of carbonyl (C=O) groups is 3. The van der Waals surface area contributed by atoms with E-state index in [0.29, 0.717) is 25.1 Å². The van der Waals surface area contributed by atoms with E-state index < -0.39 is 6.09 Å². The van der Waals surface area contributed by atoms with E-state index in [1.807, 2.05) is 12.1 Å². The second-order valence-electron chi connectivity index (χ2n) is 4.99. The number of likely N-dealkylation sites (tertiary alicyclic amines) is 1. The molecular weight excluding hydrogens is 340 g/mol. The van der Waals surface area contributed by atoms with Gasteiger partial charge < -0.3 is 9.64 Å². The molecule has 0 aliphatic carbocycles. The monoisotopic (exact) mass is 352 g/mol. The summed E-state index contributed by atoms with van der Waals surface area (Å²) < 4.78 is 5.45. The van der Waals surface area contributed by atoms with Crippen LogP contribution in [0.5, 0.6) is 0 Å². The molecule has 2 heterocycles. The second kappa shape index (κ2) is 5.48. The molecule has 1 aromatic carbocycles. The third-order valence-electron chi connectivity index (χ3n) is 3.70. The van der Waals surface area contributed by atoms with Gasteiger partial charge in [0.25, 0.3) is 11.8 Å². The topological polar surface area (TPSA) is 66.9 Å². The number of benzene rings is 1. The minimum absolute atomic E-state index is 0.106. The van der Waals surface area contributed by atoms with Gasteiger partial charge in [0, 0.05) is 17.6 Å². The summed E-state index contributed by atoms with van der Waals surface area (Å²) in [5.74, 6) is -0.440. The minimum Gasteiger partial charge on any atom is -0.439 e. The molecule has 110 valence electrons. The summed E-state index contributed by atoms with van der Waals surface area (Å²) in [6.45, 7) is 0.663. The fourth-order valence-corrected chi connectivity index (χ4v) is 3.11. The van der Waals surface area contributed by atoms with Gasteiger partial charge >= 0.3 is 6.09 Å². The van der Waals surface area contributed by atoms with Crippen LogP contribution in [0.4, 0.5) is 4.79 Å². The lowest BCUT2D eigenvalue weighted by atomic mass is 10.2. The van der Waals surface area contributed by atoms with E-state index in [0.717, 1.165) is 9.37 Å². The van der Waals surface area contributed by atoms with Gasteiger partial charge in [-0.25, -0.2) is 9.69 Å². The molecule has 3 amide bonds. The van der Waals surface area contributed by atoms with Crippen LogP contribution >= 0.6 is 15.9 Å². The Balaban J connectivity index is 1.73. The maximum Gasteiger partial charge on any atom is 0.417 e. The molecule has 0 bridgehead atoms. The molecule has 0 N–H and O–H groups in total. The molecule has 0 aromatic heterocycles. The van der Waals surface area contributed by atoms with Crippen LogP contribution in [0.3, 0.4) is 0 Å². The molecule has 6 nitrogen and oxygen atoms in total. The lowest BCUT2D eigenvalue weighted by Gasteiger charge is -2.20. The first kappa shape index (κ1) is 14.1. The Morgan fingerprint density at radius 2 is 2.05 bits per heavy atom. The molecule has 2 aliphatic rings. The zero-order valence-corrected chi connectivity index (χ0v) is 12.7. The Kier molecular flexibility index (Phi) is 3.67. The number of nitrogens with zero attached hydrogens (tertiary/aromatic N) is 2. The van der Waals surface area contributed by atoms with Crippen molar-refractivity contribution < 1.29 is 19.1 Å². The second-order valence-corrected chi connectivity index (χ2v) is 5.85. The average molecular weight is 353 g/mol. The summed E-state index contributed by atoms with van der Waals surface area (Å²) in [6.07, 6.45) is -0.0305. The Hall–Kier alpha value is -1.89. The summed E-state index contributed by atoms with van der Waals surface area (Å²) in [6, 6.07) is 6.90. The number of hydrogen-bond donors (Lipinski definition) is 0. The zero-order chi connectivity index (χ0) is 15.0. The van der Waals surface area contributed by atoms with Crippen LogP contribution in [0.2, 0.25) is 0 Å². The van der Waals surface area contributed by atoms with Gasteiger partial charge in [0.1, 0.15) is 0 Å². The molecule has 2 aliphatic heterocycles. The van der Waals surface area contributed by atoms with E-state index in [1.54, 1.807) is 17.0 Å². The van der Waals surface area contributed by atoms with Crippen LogP contribution in [0, 0.1) is 0 Å². The highest BCUT2D eigenvalue weighted by Crippen LogP contribution is 2.24. The Morgan fingerprint density at radius 3 is 2.71 bits per heavy atom. The molecule has 2 fully saturated rings. The normalized spacial score (nSPS) is 21.9. The first-order valence-electron chi connectivity index (χ1n) is 6.60. The number of ether oxygens (including phenoxy) is 1. The maximum atomic E-state index is 12.5. The molecule has 3 rings (SSSR count). The smallest absolute Gasteiger partial charge is 0.417 e. The molecular formula is C14H13BrN2O4.